The molecule has 0 bridgehead atoms. The number of piperidine rings is 1. The third kappa shape index (κ3) is 4.98. The van der Waals surface area contributed by atoms with E-state index in [1.54, 1.807) is 13.2 Å². The zero-order valence-electron chi connectivity index (χ0n) is 22.7. The fourth-order valence-corrected chi connectivity index (χ4v) is 5.90. The number of alkyl halides is 3. The van der Waals surface area contributed by atoms with Gasteiger partial charge in [0.15, 0.2) is 5.82 Å². The Morgan fingerprint density at radius 1 is 0.974 bits per heavy atom. The van der Waals surface area contributed by atoms with Crippen LogP contribution in [0, 0.1) is 20.8 Å². The molecule has 0 amide bonds. The highest BCUT2D eigenvalue weighted by Crippen LogP contribution is 2.38. The fraction of sp³-hybridized carbons (Fsp3) is 0.467. The largest absolute Gasteiger partial charge is 0.416 e. The Hall–Kier alpha value is -3.13. The number of anilines is 2. The van der Waals surface area contributed by atoms with Gasteiger partial charge in [0, 0.05) is 56.0 Å². The molecule has 2 atom stereocenters. The van der Waals surface area contributed by atoms with Crippen LogP contribution < -0.4 is 9.80 Å². The molecule has 0 spiro atoms. The predicted molar refractivity (Wildman–Crippen MR) is 145 cm³/mol. The topological polar surface area (TPSA) is 41.5 Å². The minimum atomic E-state index is -4.38. The van der Waals surface area contributed by atoms with Crippen LogP contribution in [0.25, 0.3) is 11.4 Å². The van der Waals surface area contributed by atoms with Gasteiger partial charge in [-0.2, -0.15) is 13.2 Å². The van der Waals surface area contributed by atoms with Crippen LogP contribution in [0.4, 0.5) is 24.7 Å². The minimum absolute atomic E-state index is 0.209. The highest BCUT2D eigenvalue weighted by molar-refractivity contribution is 5.68. The number of rotatable bonds is 4. The summed E-state index contributed by atoms with van der Waals surface area (Å²) in [7, 11) is 1.76. The number of ether oxygens (including phenoxy) is 1. The lowest BCUT2D eigenvalue weighted by Gasteiger charge is -2.41. The summed E-state index contributed by atoms with van der Waals surface area (Å²) >= 11 is 0. The van der Waals surface area contributed by atoms with Gasteiger partial charge >= 0.3 is 6.18 Å². The molecular weight excluding hydrogens is 489 g/mol. The molecule has 2 aliphatic rings. The molecular formula is C30H35F3N4O. The van der Waals surface area contributed by atoms with Gasteiger partial charge in [-0.05, 0) is 69.4 Å². The lowest BCUT2D eigenvalue weighted by atomic mass is 9.97. The van der Waals surface area contributed by atoms with Crippen LogP contribution in [-0.2, 0) is 23.9 Å². The molecule has 202 valence electrons. The van der Waals surface area contributed by atoms with E-state index in [4.69, 9.17) is 14.7 Å². The van der Waals surface area contributed by atoms with E-state index < -0.39 is 11.7 Å². The number of methoxy groups -OCH3 is 1. The highest BCUT2D eigenvalue weighted by Gasteiger charge is 2.34. The van der Waals surface area contributed by atoms with Crippen molar-refractivity contribution in [3.8, 4) is 11.4 Å². The van der Waals surface area contributed by atoms with Crippen molar-refractivity contribution in [2.45, 2.75) is 71.8 Å². The van der Waals surface area contributed by atoms with Crippen LogP contribution in [0.15, 0.2) is 36.4 Å². The molecule has 8 heteroatoms. The summed E-state index contributed by atoms with van der Waals surface area (Å²) in [5.74, 6) is 1.61. The van der Waals surface area contributed by atoms with Crippen LogP contribution in [-0.4, -0.2) is 42.3 Å². The van der Waals surface area contributed by atoms with Gasteiger partial charge in [0.05, 0.1) is 17.4 Å². The van der Waals surface area contributed by atoms with Gasteiger partial charge in [-0.25, -0.2) is 9.97 Å². The van der Waals surface area contributed by atoms with Gasteiger partial charge in [-0.1, -0.05) is 24.3 Å². The smallest absolute Gasteiger partial charge is 0.381 e. The maximum absolute atomic E-state index is 13.5. The number of nitrogens with zero attached hydrogens (tertiary/aromatic N) is 4. The Morgan fingerprint density at radius 2 is 1.71 bits per heavy atom. The standard InChI is InChI=1S/C30H35F3N4O/c1-18-9-10-22(30(31,32)33)16-26(18)36-13-12-25-24(17-36)29(37-14-11-23(38-5)15-21(37)4)35-28(34-25)27-19(2)7-6-8-20(27)3/h6-10,16,21,23H,11-15,17H2,1-5H3. The fourth-order valence-electron chi connectivity index (χ4n) is 5.90. The van der Waals surface area contributed by atoms with Crippen molar-refractivity contribution in [2.75, 3.05) is 30.0 Å². The molecule has 0 radical (unpaired) electrons. The number of fused-ring (bicyclic) bond motifs is 1. The van der Waals surface area contributed by atoms with Crippen molar-refractivity contribution < 1.29 is 17.9 Å². The first kappa shape index (κ1) is 26.5. The average Bonchev–Trinajstić information content (AvgIpc) is 2.87. The van der Waals surface area contributed by atoms with E-state index in [9.17, 15) is 13.2 Å². The van der Waals surface area contributed by atoms with Crippen LogP contribution in [0.3, 0.4) is 0 Å². The van der Waals surface area contributed by atoms with E-state index in [2.05, 4.69) is 37.8 Å². The van der Waals surface area contributed by atoms with E-state index >= 15 is 0 Å². The van der Waals surface area contributed by atoms with Gasteiger partial charge < -0.3 is 14.5 Å². The normalized spacial score (nSPS) is 20.0. The second-order valence-corrected chi connectivity index (χ2v) is 10.7. The molecule has 2 unspecified atom stereocenters. The molecule has 0 saturated carbocycles. The van der Waals surface area contributed by atoms with E-state index in [0.29, 0.717) is 25.2 Å². The zero-order valence-corrected chi connectivity index (χ0v) is 22.7. The Bertz CT molecular complexity index is 1320. The Balaban J connectivity index is 1.60. The first-order valence-corrected chi connectivity index (χ1v) is 13.3. The maximum Gasteiger partial charge on any atom is 0.416 e. The molecule has 3 aromatic rings. The minimum Gasteiger partial charge on any atom is -0.381 e. The summed E-state index contributed by atoms with van der Waals surface area (Å²) in [6.45, 7) is 10.1. The molecule has 5 nitrogen and oxygen atoms in total. The number of aromatic nitrogens is 2. The van der Waals surface area contributed by atoms with E-state index in [1.807, 2.05) is 17.9 Å². The Kier molecular flexibility index (Phi) is 7.11. The average molecular weight is 525 g/mol. The first-order chi connectivity index (χ1) is 18.1. The summed E-state index contributed by atoms with van der Waals surface area (Å²) in [4.78, 5) is 14.6. The van der Waals surface area contributed by atoms with Gasteiger partial charge in [-0.3, -0.25) is 0 Å². The van der Waals surface area contributed by atoms with Crippen molar-refractivity contribution in [2.24, 2.45) is 0 Å². The van der Waals surface area contributed by atoms with Gasteiger partial charge in [-0.15, -0.1) is 0 Å². The van der Waals surface area contributed by atoms with Crippen molar-refractivity contribution in [1.29, 1.82) is 0 Å². The molecule has 3 heterocycles. The summed E-state index contributed by atoms with van der Waals surface area (Å²) < 4.78 is 46.2. The Morgan fingerprint density at radius 3 is 2.37 bits per heavy atom. The molecule has 2 aliphatic heterocycles. The summed E-state index contributed by atoms with van der Waals surface area (Å²) in [5.41, 5.74) is 6.10. The lowest BCUT2D eigenvalue weighted by Crippen LogP contribution is -2.45. The zero-order chi connectivity index (χ0) is 27.2. The van der Waals surface area contributed by atoms with Crippen molar-refractivity contribution in [3.05, 3.63) is 69.9 Å². The predicted octanol–water partition coefficient (Wildman–Crippen LogP) is 6.65. The molecule has 1 fully saturated rings. The van der Waals surface area contributed by atoms with Gasteiger partial charge in [0.2, 0.25) is 0 Å². The molecule has 0 aliphatic carbocycles. The number of halogens is 3. The second-order valence-electron chi connectivity index (χ2n) is 10.7. The van der Waals surface area contributed by atoms with Crippen molar-refractivity contribution in [3.63, 3.8) is 0 Å². The number of hydrogen-bond acceptors (Lipinski definition) is 5. The molecule has 1 saturated heterocycles. The number of hydrogen-bond donors (Lipinski definition) is 0. The summed E-state index contributed by atoms with van der Waals surface area (Å²) in [5, 5.41) is 0. The molecule has 5 rings (SSSR count). The molecule has 0 N–H and O–H groups in total. The molecule has 38 heavy (non-hydrogen) atoms. The summed E-state index contributed by atoms with van der Waals surface area (Å²) in [6.07, 6.45) is -1.74. The Labute approximate surface area is 222 Å². The van der Waals surface area contributed by atoms with Crippen LogP contribution in [0.2, 0.25) is 0 Å². The van der Waals surface area contributed by atoms with Crippen molar-refractivity contribution in [1.82, 2.24) is 9.97 Å². The van der Waals surface area contributed by atoms with Crippen LogP contribution in [0.5, 0.6) is 0 Å². The van der Waals surface area contributed by atoms with Gasteiger partial charge in [0.25, 0.3) is 0 Å². The van der Waals surface area contributed by atoms with Crippen LogP contribution >= 0.6 is 0 Å². The number of aryl methyl sites for hydroxylation is 3. The molecule has 2 aromatic carbocycles. The quantitative estimate of drug-likeness (QED) is 0.382. The molecule has 1 aromatic heterocycles. The van der Waals surface area contributed by atoms with E-state index in [0.717, 1.165) is 70.6 Å². The summed E-state index contributed by atoms with van der Waals surface area (Å²) in [6, 6.07) is 10.4. The third-order valence-electron chi connectivity index (χ3n) is 8.05. The van der Waals surface area contributed by atoms with E-state index in [1.165, 1.54) is 6.07 Å². The third-order valence-corrected chi connectivity index (χ3v) is 8.05. The maximum atomic E-state index is 13.5. The van der Waals surface area contributed by atoms with Crippen molar-refractivity contribution >= 4 is 11.5 Å². The van der Waals surface area contributed by atoms with Gasteiger partial charge in [0.1, 0.15) is 5.82 Å². The first-order valence-electron chi connectivity index (χ1n) is 13.3. The monoisotopic (exact) mass is 524 g/mol. The SMILES string of the molecule is COC1CCN(c2nc(-c3c(C)cccc3C)nc3c2CN(c2cc(C(F)(F)F)ccc2C)CC3)C(C)C1. The number of benzene rings is 2. The van der Waals surface area contributed by atoms with E-state index in [-0.39, 0.29) is 12.1 Å². The van der Waals surface area contributed by atoms with Crippen LogP contribution in [0.1, 0.15) is 53.3 Å². The second kappa shape index (κ2) is 10.2. The lowest BCUT2D eigenvalue weighted by molar-refractivity contribution is -0.137. The highest BCUT2D eigenvalue weighted by atomic mass is 19.4.